The molecule has 0 radical (unpaired) electrons. The molecule has 3 aromatic rings. The number of nitrogens with one attached hydrogen (secondary N) is 1. The van der Waals surface area contributed by atoms with Crippen molar-refractivity contribution in [3.63, 3.8) is 0 Å². The molecule has 1 saturated heterocycles. The summed E-state index contributed by atoms with van der Waals surface area (Å²) in [5.41, 5.74) is 3.80. The smallest absolute Gasteiger partial charge is 0.415 e. The predicted octanol–water partition coefficient (Wildman–Crippen LogP) is 1.33. The van der Waals surface area contributed by atoms with Gasteiger partial charge in [0.05, 0.1) is 25.4 Å². The van der Waals surface area contributed by atoms with E-state index in [9.17, 15) is 9.59 Å². The molecule has 0 unspecified atom stereocenters. The fourth-order valence-electron chi connectivity index (χ4n) is 3.85. The molecule has 2 aromatic heterocycles. The van der Waals surface area contributed by atoms with Crippen LogP contribution in [0.4, 0.5) is 15.3 Å². The zero-order valence-electron chi connectivity index (χ0n) is 15.9. The van der Waals surface area contributed by atoms with E-state index in [0.29, 0.717) is 12.2 Å². The lowest BCUT2D eigenvalue weighted by atomic mass is 10.0. The number of hydrogen-bond donors (Lipinski definition) is 1. The van der Waals surface area contributed by atoms with E-state index < -0.39 is 18.3 Å². The number of cyclic esters (lactones) is 1. The zero-order chi connectivity index (χ0) is 20.7. The number of nitrogens with zero attached hydrogens (tertiary/aromatic N) is 6. The summed E-state index contributed by atoms with van der Waals surface area (Å²) < 4.78 is 11.5. The fourth-order valence-corrected chi connectivity index (χ4v) is 3.85. The lowest BCUT2D eigenvalue weighted by molar-refractivity contribution is 0.123. The van der Waals surface area contributed by atoms with Crippen LogP contribution < -0.4 is 10.2 Å². The molecule has 2 aliphatic rings. The van der Waals surface area contributed by atoms with Gasteiger partial charge in [-0.2, -0.15) is 4.68 Å². The highest BCUT2D eigenvalue weighted by atomic mass is 16.6. The maximum absolute atomic E-state index is 12.4. The summed E-state index contributed by atoms with van der Waals surface area (Å²) in [5.74, 6) is 0.620. The van der Waals surface area contributed by atoms with E-state index in [0.717, 1.165) is 22.4 Å². The number of aromatic nitrogens is 5. The lowest BCUT2D eigenvalue weighted by Gasteiger charge is -2.16. The topological polar surface area (TPSA) is 124 Å². The van der Waals surface area contributed by atoms with Gasteiger partial charge in [-0.1, -0.05) is 6.07 Å². The quantitative estimate of drug-likeness (QED) is 0.687. The van der Waals surface area contributed by atoms with Gasteiger partial charge in [0.1, 0.15) is 12.4 Å². The standard InChI is InChI=1S/C19H17N7O4/c1-29-18(27)21-9-16-15-7-13-6-11(2-4-14(13)26(15)19(28)30-16)12-3-5-17(20-8-12)25-10-22-23-24-25/h2-6,8,10,15-16H,7,9H2,1H3,(H,21,27)/t15-,16-/m0/s1. The van der Waals surface area contributed by atoms with Gasteiger partial charge in [0, 0.05) is 11.8 Å². The Morgan fingerprint density at radius 3 is 2.90 bits per heavy atom. The molecule has 11 heteroatoms. The normalized spacial score (nSPS) is 19.2. The van der Waals surface area contributed by atoms with Gasteiger partial charge >= 0.3 is 12.2 Å². The van der Waals surface area contributed by atoms with Crippen LogP contribution in [0.15, 0.2) is 42.9 Å². The Kier molecular flexibility index (Phi) is 4.27. The van der Waals surface area contributed by atoms with Gasteiger partial charge in [-0.15, -0.1) is 5.10 Å². The van der Waals surface area contributed by atoms with Gasteiger partial charge in [-0.25, -0.2) is 14.6 Å². The Morgan fingerprint density at radius 2 is 2.17 bits per heavy atom. The SMILES string of the molecule is COC(=O)NC[C@@H]1OC(=O)N2c3ccc(-c4ccc(-n5cnnn5)nc4)cc3C[C@@H]12. The minimum Gasteiger partial charge on any atom is -0.453 e. The minimum absolute atomic E-state index is 0.166. The van der Waals surface area contributed by atoms with Crippen LogP contribution in [0.25, 0.3) is 16.9 Å². The second-order valence-electron chi connectivity index (χ2n) is 6.94. The number of rotatable bonds is 4. The van der Waals surface area contributed by atoms with Gasteiger partial charge in [0.2, 0.25) is 0 Å². The molecular weight excluding hydrogens is 390 g/mol. The van der Waals surface area contributed by atoms with Crippen molar-refractivity contribution in [3.8, 4) is 16.9 Å². The van der Waals surface area contributed by atoms with Crippen LogP contribution in [-0.2, 0) is 15.9 Å². The second-order valence-corrected chi connectivity index (χ2v) is 6.94. The number of alkyl carbamates (subject to hydrolysis) is 1. The predicted molar refractivity (Wildman–Crippen MR) is 103 cm³/mol. The largest absolute Gasteiger partial charge is 0.453 e. The van der Waals surface area contributed by atoms with E-state index in [1.165, 1.54) is 18.1 Å². The van der Waals surface area contributed by atoms with Crippen LogP contribution in [0.3, 0.4) is 0 Å². The number of pyridine rings is 1. The Morgan fingerprint density at radius 1 is 1.30 bits per heavy atom. The molecule has 0 saturated carbocycles. The highest BCUT2D eigenvalue weighted by Gasteiger charge is 2.47. The second kappa shape index (κ2) is 7.10. The summed E-state index contributed by atoms with van der Waals surface area (Å²) in [6.07, 6.45) is 2.47. The molecule has 1 fully saturated rings. The van der Waals surface area contributed by atoms with Crippen LogP contribution in [0.5, 0.6) is 0 Å². The summed E-state index contributed by atoms with van der Waals surface area (Å²) >= 11 is 0. The number of tetrazole rings is 1. The van der Waals surface area contributed by atoms with Gasteiger partial charge < -0.3 is 14.8 Å². The monoisotopic (exact) mass is 407 g/mol. The van der Waals surface area contributed by atoms with Crippen molar-refractivity contribution in [1.82, 2.24) is 30.5 Å². The molecule has 152 valence electrons. The summed E-state index contributed by atoms with van der Waals surface area (Å²) in [6.45, 7) is 0.197. The molecule has 2 amide bonds. The molecule has 2 atom stereocenters. The Hall–Kier alpha value is -4.02. The van der Waals surface area contributed by atoms with Gasteiger partial charge in [0.15, 0.2) is 5.82 Å². The third kappa shape index (κ3) is 3.00. The molecule has 0 spiro atoms. The first-order valence-corrected chi connectivity index (χ1v) is 9.28. The molecule has 0 aliphatic carbocycles. The summed E-state index contributed by atoms with van der Waals surface area (Å²) in [6, 6.07) is 9.53. The number of carbonyl (C=O) groups excluding carboxylic acids is 2. The third-order valence-corrected chi connectivity index (χ3v) is 5.28. The molecule has 2 aliphatic heterocycles. The molecule has 30 heavy (non-hydrogen) atoms. The first kappa shape index (κ1) is 18.0. The first-order valence-electron chi connectivity index (χ1n) is 9.28. The van der Waals surface area contributed by atoms with Crippen molar-refractivity contribution in [2.24, 2.45) is 0 Å². The number of amides is 2. The van der Waals surface area contributed by atoms with Crippen LogP contribution in [0.2, 0.25) is 0 Å². The molecule has 4 heterocycles. The van der Waals surface area contributed by atoms with E-state index in [-0.39, 0.29) is 12.6 Å². The molecule has 11 nitrogen and oxygen atoms in total. The van der Waals surface area contributed by atoms with Crippen molar-refractivity contribution in [2.75, 3.05) is 18.6 Å². The molecule has 1 N–H and O–H groups in total. The number of benzene rings is 1. The van der Waals surface area contributed by atoms with Gasteiger partial charge in [-0.3, -0.25) is 4.90 Å². The average Bonchev–Trinajstić information content (AvgIpc) is 3.49. The van der Waals surface area contributed by atoms with Gasteiger partial charge in [-0.05, 0) is 52.2 Å². The molecule has 0 bridgehead atoms. The minimum atomic E-state index is -0.556. The zero-order valence-corrected chi connectivity index (χ0v) is 15.9. The third-order valence-electron chi connectivity index (χ3n) is 5.28. The number of ether oxygens (including phenoxy) is 2. The highest BCUT2D eigenvalue weighted by Crippen LogP contribution is 2.40. The van der Waals surface area contributed by atoms with Crippen LogP contribution in [0, 0.1) is 0 Å². The number of anilines is 1. The van der Waals surface area contributed by atoms with Crippen LogP contribution in [-0.4, -0.2) is 63.2 Å². The van der Waals surface area contributed by atoms with E-state index >= 15 is 0 Å². The van der Waals surface area contributed by atoms with Crippen molar-refractivity contribution in [1.29, 1.82) is 0 Å². The Labute approximate surface area is 170 Å². The number of hydrogen-bond acceptors (Lipinski definition) is 8. The molecule has 1 aromatic carbocycles. The van der Waals surface area contributed by atoms with Crippen LogP contribution >= 0.6 is 0 Å². The number of methoxy groups -OCH3 is 1. The van der Waals surface area contributed by atoms with Crippen LogP contribution in [0.1, 0.15) is 5.56 Å². The summed E-state index contributed by atoms with van der Waals surface area (Å²) in [4.78, 5) is 29.8. The van der Waals surface area contributed by atoms with E-state index in [1.807, 2.05) is 24.3 Å². The Bertz CT molecular complexity index is 1100. The van der Waals surface area contributed by atoms with Crippen molar-refractivity contribution >= 4 is 17.9 Å². The van der Waals surface area contributed by atoms with Crippen molar-refractivity contribution in [3.05, 3.63) is 48.4 Å². The maximum Gasteiger partial charge on any atom is 0.415 e. The molecule has 5 rings (SSSR count). The number of fused-ring (bicyclic) bond motifs is 3. The van der Waals surface area contributed by atoms with Crippen molar-refractivity contribution < 1.29 is 19.1 Å². The maximum atomic E-state index is 12.4. The van der Waals surface area contributed by atoms with E-state index in [2.05, 4.69) is 36.6 Å². The summed E-state index contributed by atoms with van der Waals surface area (Å²) in [7, 11) is 1.29. The van der Waals surface area contributed by atoms with E-state index in [1.54, 1.807) is 11.1 Å². The average molecular weight is 407 g/mol. The highest BCUT2D eigenvalue weighted by molar-refractivity contribution is 5.94. The summed E-state index contributed by atoms with van der Waals surface area (Å²) in [5, 5.41) is 13.6. The number of carbonyl (C=O) groups is 2. The first-order chi connectivity index (χ1) is 14.6. The Balaban J connectivity index is 1.37. The molecular formula is C19H17N7O4. The fraction of sp³-hybridized carbons (Fsp3) is 0.263. The van der Waals surface area contributed by atoms with E-state index in [4.69, 9.17) is 4.74 Å². The van der Waals surface area contributed by atoms with Crippen molar-refractivity contribution in [2.45, 2.75) is 18.6 Å². The lowest BCUT2D eigenvalue weighted by Crippen LogP contribution is -2.40. The van der Waals surface area contributed by atoms with Gasteiger partial charge in [0.25, 0.3) is 0 Å².